The van der Waals surface area contributed by atoms with Gasteiger partial charge in [0, 0.05) is 12.5 Å². The standard InChI is InChI=1S/C10H12N2O2/c1-2-3-10(13)12-9(6-11)8-4-5-14-7-8/h8-9H,4-5,7H2,1H3,(H,12,13). The van der Waals surface area contributed by atoms with Crippen LogP contribution in [0.5, 0.6) is 0 Å². The normalized spacial score (nSPS) is 21.6. The molecule has 1 amide bonds. The molecule has 74 valence electrons. The summed E-state index contributed by atoms with van der Waals surface area (Å²) < 4.78 is 5.14. The highest BCUT2D eigenvalue weighted by Crippen LogP contribution is 2.15. The molecule has 0 aliphatic carbocycles. The van der Waals surface area contributed by atoms with Gasteiger partial charge < -0.3 is 10.1 Å². The minimum Gasteiger partial charge on any atom is -0.381 e. The number of carbonyl (C=O) groups is 1. The molecule has 14 heavy (non-hydrogen) atoms. The van der Waals surface area contributed by atoms with Gasteiger partial charge >= 0.3 is 0 Å². The monoisotopic (exact) mass is 192 g/mol. The van der Waals surface area contributed by atoms with Gasteiger partial charge in [-0.1, -0.05) is 5.92 Å². The second kappa shape index (κ2) is 5.26. The second-order valence-electron chi connectivity index (χ2n) is 3.08. The van der Waals surface area contributed by atoms with Crippen LogP contribution in [0.25, 0.3) is 0 Å². The highest BCUT2D eigenvalue weighted by molar-refractivity contribution is 5.93. The van der Waals surface area contributed by atoms with E-state index in [0.717, 1.165) is 6.42 Å². The van der Waals surface area contributed by atoms with E-state index in [1.165, 1.54) is 0 Å². The summed E-state index contributed by atoms with van der Waals surface area (Å²) in [6.07, 6.45) is 0.818. The first-order valence-electron chi connectivity index (χ1n) is 4.48. The van der Waals surface area contributed by atoms with Crippen molar-refractivity contribution >= 4 is 5.91 Å². The maximum absolute atomic E-state index is 11.1. The summed E-state index contributed by atoms with van der Waals surface area (Å²) in [5.74, 6) is 4.53. The zero-order chi connectivity index (χ0) is 10.4. The molecule has 1 fully saturated rings. The lowest BCUT2D eigenvalue weighted by atomic mass is 10.0. The molecule has 0 aromatic carbocycles. The molecule has 1 rings (SSSR count). The molecule has 0 aromatic heterocycles. The average Bonchev–Trinajstić information content (AvgIpc) is 2.67. The van der Waals surface area contributed by atoms with E-state index < -0.39 is 11.9 Å². The Morgan fingerprint density at radius 1 is 1.71 bits per heavy atom. The fraction of sp³-hybridized carbons (Fsp3) is 0.600. The summed E-state index contributed by atoms with van der Waals surface area (Å²) in [5.41, 5.74) is 0. The molecule has 2 atom stereocenters. The number of ether oxygens (including phenoxy) is 1. The van der Waals surface area contributed by atoms with Crippen molar-refractivity contribution < 1.29 is 9.53 Å². The van der Waals surface area contributed by atoms with E-state index in [1.54, 1.807) is 6.92 Å². The largest absolute Gasteiger partial charge is 0.381 e. The van der Waals surface area contributed by atoms with Gasteiger partial charge in [0.25, 0.3) is 5.91 Å². The van der Waals surface area contributed by atoms with Crippen molar-refractivity contribution in [2.24, 2.45) is 5.92 Å². The molecule has 0 radical (unpaired) electrons. The van der Waals surface area contributed by atoms with Crippen molar-refractivity contribution in [1.82, 2.24) is 5.32 Å². The molecule has 4 nitrogen and oxygen atoms in total. The van der Waals surface area contributed by atoms with Gasteiger partial charge in [-0.25, -0.2) is 0 Å². The third-order valence-electron chi connectivity index (χ3n) is 2.10. The lowest BCUT2D eigenvalue weighted by Gasteiger charge is -2.14. The van der Waals surface area contributed by atoms with E-state index >= 15 is 0 Å². The van der Waals surface area contributed by atoms with Crippen molar-refractivity contribution in [3.63, 3.8) is 0 Å². The number of hydrogen-bond acceptors (Lipinski definition) is 3. The zero-order valence-corrected chi connectivity index (χ0v) is 8.04. The molecule has 0 spiro atoms. The number of nitrogens with one attached hydrogen (secondary N) is 1. The summed E-state index contributed by atoms with van der Waals surface area (Å²) in [7, 11) is 0. The van der Waals surface area contributed by atoms with Gasteiger partial charge in [-0.2, -0.15) is 5.26 Å². The maximum atomic E-state index is 11.1. The van der Waals surface area contributed by atoms with Crippen molar-refractivity contribution in [2.75, 3.05) is 13.2 Å². The van der Waals surface area contributed by atoms with Crippen molar-refractivity contribution in [1.29, 1.82) is 5.26 Å². The van der Waals surface area contributed by atoms with Crippen LogP contribution < -0.4 is 5.32 Å². The molecule has 1 aliphatic rings. The van der Waals surface area contributed by atoms with Gasteiger partial charge in [0.05, 0.1) is 12.7 Å². The van der Waals surface area contributed by atoms with Crippen LogP contribution in [0.15, 0.2) is 0 Å². The Morgan fingerprint density at radius 3 is 3.00 bits per heavy atom. The first-order valence-corrected chi connectivity index (χ1v) is 4.48. The van der Waals surface area contributed by atoms with E-state index in [2.05, 4.69) is 23.2 Å². The fourth-order valence-electron chi connectivity index (χ4n) is 1.36. The highest BCUT2D eigenvalue weighted by Gasteiger charge is 2.26. The number of nitriles is 1. The van der Waals surface area contributed by atoms with Crippen LogP contribution in [-0.4, -0.2) is 25.2 Å². The predicted molar refractivity (Wildman–Crippen MR) is 49.9 cm³/mol. The summed E-state index contributed by atoms with van der Waals surface area (Å²) in [4.78, 5) is 11.1. The lowest BCUT2D eigenvalue weighted by Crippen LogP contribution is -2.38. The number of rotatable bonds is 2. The first kappa shape index (κ1) is 10.6. The molecule has 0 saturated carbocycles. The summed E-state index contributed by atoms with van der Waals surface area (Å²) in [6, 6.07) is 1.57. The van der Waals surface area contributed by atoms with Crippen LogP contribution in [0.4, 0.5) is 0 Å². The van der Waals surface area contributed by atoms with Crippen LogP contribution in [0.3, 0.4) is 0 Å². The van der Waals surface area contributed by atoms with Gasteiger partial charge in [-0.05, 0) is 19.3 Å². The number of nitrogens with zero attached hydrogens (tertiary/aromatic N) is 1. The van der Waals surface area contributed by atoms with Crippen LogP contribution >= 0.6 is 0 Å². The Kier molecular flexibility index (Phi) is 3.97. The summed E-state index contributed by atoms with van der Waals surface area (Å²) in [5, 5.41) is 11.4. The molecule has 1 heterocycles. The SMILES string of the molecule is CC#CC(=O)NC(C#N)C1CCOC1. The van der Waals surface area contributed by atoms with Crippen molar-refractivity contribution in [3.05, 3.63) is 0 Å². The molecular formula is C10H12N2O2. The molecule has 4 heteroatoms. The first-order chi connectivity index (χ1) is 6.77. The predicted octanol–water partition coefficient (Wildman–Crippen LogP) is 0.0546. The highest BCUT2D eigenvalue weighted by atomic mass is 16.5. The topological polar surface area (TPSA) is 62.1 Å². The Morgan fingerprint density at radius 2 is 2.50 bits per heavy atom. The van der Waals surface area contributed by atoms with E-state index in [9.17, 15) is 4.79 Å². The summed E-state index contributed by atoms with van der Waals surface area (Å²) in [6.45, 7) is 2.79. The van der Waals surface area contributed by atoms with E-state index in [4.69, 9.17) is 10.00 Å². The minimum atomic E-state index is -0.481. The van der Waals surface area contributed by atoms with Crippen LogP contribution in [-0.2, 0) is 9.53 Å². The van der Waals surface area contributed by atoms with Gasteiger partial charge in [0.15, 0.2) is 0 Å². The van der Waals surface area contributed by atoms with Crippen molar-refractivity contribution in [3.8, 4) is 17.9 Å². The summed E-state index contributed by atoms with van der Waals surface area (Å²) >= 11 is 0. The number of hydrogen-bond donors (Lipinski definition) is 1. The molecule has 0 bridgehead atoms. The van der Waals surface area contributed by atoms with Gasteiger partial charge in [0.2, 0.25) is 0 Å². The Hall–Kier alpha value is -1.52. The molecule has 1 aliphatic heterocycles. The number of amides is 1. The Bertz CT molecular complexity index is 302. The molecule has 0 aromatic rings. The minimum absolute atomic E-state index is 0.0996. The van der Waals surface area contributed by atoms with E-state index in [0.29, 0.717) is 13.2 Å². The van der Waals surface area contributed by atoms with E-state index in [1.807, 2.05) is 0 Å². The number of carbonyl (C=O) groups excluding carboxylic acids is 1. The average molecular weight is 192 g/mol. The van der Waals surface area contributed by atoms with Crippen LogP contribution in [0.2, 0.25) is 0 Å². The Balaban J connectivity index is 2.49. The molecular weight excluding hydrogens is 180 g/mol. The van der Waals surface area contributed by atoms with E-state index in [-0.39, 0.29) is 5.92 Å². The fourth-order valence-corrected chi connectivity index (χ4v) is 1.36. The van der Waals surface area contributed by atoms with Crippen LogP contribution in [0, 0.1) is 29.1 Å². The molecule has 1 saturated heterocycles. The van der Waals surface area contributed by atoms with Crippen molar-refractivity contribution in [2.45, 2.75) is 19.4 Å². The zero-order valence-electron chi connectivity index (χ0n) is 8.04. The van der Waals surface area contributed by atoms with Gasteiger partial charge in [-0.15, -0.1) is 0 Å². The second-order valence-corrected chi connectivity index (χ2v) is 3.08. The quantitative estimate of drug-likeness (QED) is 0.629. The van der Waals surface area contributed by atoms with Gasteiger partial charge in [-0.3, -0.25) is 4.79 Å². The smallest absolute Gasteiger partial charge is 0.296 e. The maximum Gasteiger partial charge on any atom is 0.296 e. The lowest BCUT2D eigenvalue weighted by molar-refractivity contribution is -0.116. The third-order valence-corrected chi connectivity index (χ3v) is 2.10. The third kappa shape index (κ3) is 2.76. The van der Waals surface area contributed by atoms with Crippen LogP contribution in [0.1, 0.15) is 13.3 Å². The Labute approximate surface area is 83.2 Å². The molecule has 2 unspecified atom stereocenters. The van der Waals surface area contributed by atoms with Gasteiger partial charge in [0.1, 0.15) is 6.04 Å². The molecule has 1 N–H and O–H groups in total.